The number of carbonyl (C=O) groups excluding carboxylic acids is 1. The van der Waals surface area contributed by atoms with Crippen molar-refractivity contribution in [3.05, 3.63) is 28.0 Å². The number of amides is 1. The molecule has 1 aliphatic rings. The van der Waals surface area contributed by atoms with Crippen LogP contribution in [0.2, 0.25) is 10.2 Å². The second kappa shape index (κ2) is 4.92. The van der Waals surface area contributed by atoms with Crippen LogP contribution in [0.15, 0.2) is 12.1 Å². The zero-order chi connectivity index (χ0) is 14.3. The molecule has 19 heavy (non-hydrogen) atoms. The number of rotatable bonds is 2. The van der Waals surface area contributed by atoms with Crippen molar-refractivity contribution < 1.29 is 13.2 Å². The van der Waals surface area contributed by atoms with Gasteiger partial charge in [0.25, 0.3) is 5.91 Å². The molecule has 5 nitrogen and oxygen atoms in total. The van der Waals surface area contributed by atoms with Gasteiger partial charge in [0, 0.05) is 0 Å². The topological polar surface area (TPSA) is 76.1 Å². The Morgan fingerprint density at radius 3 is 2.68 bits per heavy atom. The number of nitrogens with one attached hydrogen (secondary N) is 1. The summed E-state index contributed by atoms with van der Waals surface area (Å²) in [5.41, 5.74) is -0.789. The van der Waals surface area contributed by atoms with E-state index in [9.17, 15) is 13.2 Å². The minimum absolute atomic E-state index is 0.000287. The zero-order valence-corrected chi connectivity index (χ0v) is 12.4. The lowest BCUT2D eigenvalue weighted by Gasteiger charge is -2.23. The summed E-state index contributed by atoms with van der Waals surface area (Å²) in [5, 5.41) is 3.00. The Kier molecular flexibility index (Phi) is 3.77. The van der Waals surface area contributed by atoms with E-state index in [2.05, 4.69) is 10.3 Å². The summed E-state index contributed by atoms with van der Waals surface area (Å²) in [6.45, 7) is 1.69. The van der Waals surface area contributed by atoms with Crippen LogP contribution < -0.4 is 5.32 Å². The van der Waals surface area contributed by atoms with Gasteiger partial charge in [-0.05, 0) is 25.5 Å². The number of sulfone groups is 1. The van der Waals surface area contributed by atoms with Crippen LogP contribution in [0.4, 0.5) is 0 Å². The summed E-state index contributed by atoms with van der Waals surface area (Å²) in [6, 6.07) is 2.95. The number of hydrogen-bond acceptors (Lipinski definition) is 4. The van der Waals surface area contributed by atoms with Crippen LogP contribution in [0.25, 0.3) is 0 Å². The van der Waals surface area contributed by atoms with Crippen LogP contribution >= 0.6 is 23.2 Å². The van der Waals surface area contributed by atoms with Crippen molar-refractivity contribution in [1.82, 2.24) is 10.3 Å². The minimum Gasteiger partial charge on any atom is -0.344 e. The predicted octanol–water partition coefficient (Wildman–Crippen LogP) is 1.70. The number of halogens is 2. The van der Waals surface area contributed by atoms with E-state index < -0.39 is 21.3 Å². The summed E-state index contributed by atoms with van der Waals surface area (Å²) in [6.07, 6.45) is 0.374. The maximum Gasteiger partial charge on any atom is 0.271 e. The maximum atomic E-state index is 12.1. The maximum absolute atomic E-state index is 12.1. The highest BCUT2D eigenvalue weighted by molar-refractivity contribution is 7.91. The standard InChI is InChI=1S/C11H12Cl2N2O3S/c1-11(4-5-19(17,18)6-11)15-10(16)9-7(12)2-3-8(13)14-9/h2-3H,4-6H2,1H3,(H,15,16)/t11-/m1/s1. The third-order valence-corrected chi connectivity index (χ3v) is 5.36. The lowest BCUT2D eigenvalue weighted by Crippen LogP contribution is -2.47. The van der Waals surface area contributed by atoms with Crippen molar-refractivity contribution in [2.45, 2.75) is 18.9 Å². The minimum atomic E-state index is -3.09. The molecule has 1 aromatic heterocycles. The van der Waals surface area contributed by atoms with Crippen LogP contribution in [0.1, 0.15) is 23.8 Å². The van der Waals surface area contributed by atoms with E-state index in [4.69, 9.17) is 23.2 Å². The van der Waals surface area contributed by atoms with Crippen molar-refractivity contribution in [3.63, 3.8) is 0 Å². The fraction of sp³-hybridized carbons (Fsp3) is 0.455. The monoisotopic (exact) mass is 322 g/mol. The van der Waals surface area contributed by atoms with E-state index in [0.29, 0.717) is 6.42 Å². The van der Waals surface area contributed by atoms with Crippen LogP contribution in [0.3, 0.4) is 0 Å². The van der Waals surface area contributed by atoms with Crippen LogP contribution in [-0.2, 0) is 9.84 Å². The first-order valence-electron chi connectivity index (χ1n) is 5.56. The molecule has 1 aliphatic heterocycles. The van der Waals surface area contributed by atoms with Gasteiger partial charge in [-0.1, -0.05) is 23.2 Å². The number of pyridine rings is 1. The van der Waals surface area contributed by atoms with Gasteiger partial charge >= 0.3 is 0 Å². The van der Waals surface area contributed by atoms with Gasteiger partial charge in [-0.3, -0.25) is 4.79 Å². The van der Waals surface area contributed by atoms with Gasteiger partial charge in [0.15, 0.2) is 9.84 Å². The Morgan fingerprint density at radius 1 is 1.42 bits per heavy atom. The summed E-state index contributed by atoms with van der Waals surface area (Å²) < 4.78 is 22.9. The van der Waals surface area contributed by atoms with E-state index >= 15 is 0 Å². The first-order chi connectivity index (χ1) is 8.71. The molecule has 0 bridgehead atoms. The Labute approximate surface area is 121 Å². The average Bonchev–Trinajstić information content (AvgIpc) is 2.56. The molecule has 0 spiro atoms. The Morgan fingerprint density at radius 2 is 2.11 bits per heavy atom. The molecule has 104 valence electrons. The summed E-state index contributed by atoms with van der Waals surface area (Å²) in [4.78, 5) is 15.9. The lowest BCUT2D eigenvalue weighted by molar-refractivity contribution is 0.0910. The SMILES string of the molecule is C[C@@]1(NC(=O)c2nc(Cl)ccc2Cl)CCS(=O)(=O)C1. The molecule has 1 aromatic rings. The largest absolute Gasteiger partial charge is 0.344 e. The summed E-state index contributed by atoms with van der Waals surface area (Å²) in [5.74, 6) is -0.531. The Balaban J connectivity index is 2.20. The molecule has 8 heteroatoms. The van der Waals surface area contributed by atoms with E-state index in [1.807, 2.05) is 0 Å². The van der Waals surface area contributed by atoms with Gasteiger partial charge in [-0.2, -0.15) is 0 Å². The molecule has 2 heterocycles. The molecule has 0 saturated carbocycles. The van der Waals surface area contributed by atoms with Crippen LogP contribution in [0.5, 0.6) is 0 Å². The molecule has 0 aromatic carbocycles. The first-order valence-corrected chi connectivity index (χ1v) is 8.14. The smallest absolute Gasteiger partial charge is 0.271 e. The second-order valence-electron chi connectivity index (χ2n) is 4.82. The van der Waals surface area contributed by atoms with E-state index in [-0.39, 0.29) is 27.4 Å². The van der Waals surface area contributed by atoms with Crippen LogP contribution in [0, 0.1) is 0 Å². The predicted molar refractivity (Wildman–Crippen MR) is 73.4 cm³/mol. The highest BCUT2D eigenvalue weighted by atomic mass is 35.5. The molecular weight excluding hydrogens is 311 g/mol. The zero-order valence-electron chi connectivity index (χ0n) is 10.1. The average molecular weight is 323 g/mol. The highest BCUT2D eigenvalue weighted by Crippen LogP contribution is 2.24. The van der Waals surface area contributed by atoms with E-state index in [0.717, 1.165) is 0 Å². The van der Waals surface area contributed by atoms with Crippen molar-refractivity contribution in [1.29, 1.82) is 0 Å². The van der Waals surface area contributed by atoms with Gasteiger partial charge in [0.2, 0.25) is 0 Å². The van der Waals surface area contributed by atoms with E-state index in [1.54, 1.807) is 6.92 Å². The van der Waals surface area contributed by atoms with Crippen molar-refractivity contribution in [2.24, 2.45) is 0 Å². The fourth-order valence-corrected chi connectivity index (χ4v) is 4.45. The lowest BCUT2D eigenvalue weighted by atomic mass is 10.0. The summed E-state index contributed by atoms with van der Waals surface area (Å²) in [7, 11) is -3.09. The number of aromatic nitrogens is 1. The van der Waals surface area contributed by atoms with E-state index in [1.165, 1.54) is 12.1 Å². The molecule has 1 atom stereocenters. The molecule has 1 saturated heterocycles. The fourth-order valence-electron chi connectivity index (χ4n) is 2.02. The number of carbonyl (C=O) groups is 1. The van der Waals surface area contributed by atoms with Gasteiger partial charge in [0.1, 0.15) is 10.8 Å². The molecule has 0 radical (unpaired) electrons. The first kappa shape index (κ1) is 14.6. The van der Waals surface area contributed by atoms with Gasteiger partial charge in [-0.15, -0.1) is 0 Å². The summed E-state index contributed by atoms with van der Waals surface area (Å²) >= 11 is 11.6. The van der Waals surface area contributed by atoms with Crippen LogP contribution in [-0.4, -0.2) is 36.4 Å². The normalized spacial score (nSPS) is 25.2. The Hall–Kier alpha value is -0.850. The van der Waals surface area contributed by atoms with Gasteiger partial charge in [-0.25, -0.2) is 13.4 Å². The van der Waals surface area contributed by atoms with Crippen molar-refractivity contribution in [3.8, 4) is 0 Å². The van der Waals surface area contributed by atoms with Gasteiger partial charge < -0.3 is 5.32 Å². The second-order valence-corrected chi connectivity index (χ2v) is 7.80. The quantitative estimate of drug-likeness (QED) is 0.841. The third-order valence-electron chi connectivity index (χ3n) is 2.95. The number of hydrogen-bond donors (Lipinski definition) is 1. The molecule has 2 rings (SSSR count). The molecular formula is C11H12Cl2N2O3S. The molecule has 0 unspecified atom stereocenters. The molecule has 1 fully saturated rings. The molecule has 0 aliphatic carbocycles. The molecule has 1 N–H and O–H groups in total. The van der Waals surface area contributed by atoms with Gasteiger partial charge in [0.05, 0.1) is 22.1 Å². The number of nitrogens with zero attached hydrogens (tertiary/aromatic N) is 1. The van der Waals surface area contributed by atoms with Crippen molar-refractivity contribution in [2.75, 3.05) is 11.5 Å². The third kappa shape index (κ3) is 3.38. The Bertz CT molecular complexity index is 633. The van der Waals surface area contributed by atoms with Crippen molar-refractivity contribution >= 4 is 38.9 Å². The molecule has 1 amide bonds. The highest BCUT2D eigenvalue weighted by Gasteiger charge is 2.40.